The smallest absolute Gasteiger partial charge is 0.0569 e. The molecule has 80 valence electrons. The topological polar surface area (TPSA) is 4.93 Å². The van der Waals surface area contributed by atoms with Crippen molar-refractivity contribution < 1.29 is 0 Å². The Labute approximate surface area is 99.0 Å². The largest absolute Gasteiger partial charge is 0.342 e. The average molecular weight is 227 g/mol. The Morgan fingerprint density at radius 2 is 2.06 bits per heavy atom. The second kappa shape index (κ2) is 3.80. The minimum Gasteiger partial charge on any atom is -0.342 e. The van der Waals surface area contributed by atoms with Crippen molar-refractivity contribution in [1.29, 1.82) is 0 Å². The lowest BCUT2D eigenvalue weighted by Crippen LogP contribution is -1.95. The van der Waals surface area contributed by atoms with E-state index in [1.165, 1.54) is 21.3 Å². The third kappa shape index (κ3) is 1.55. The zero-order valence-electron chi connectivity index (χ0n) is 9.18. The lowest BCUT2D eigenvalue weighted by atomic mass is 10.1. The van der Waals surface area contributed by atoms with Crippen LogP contribution in [-0.2, 0) is 6.54 Å². The van der Waals surface area contributed by atoms with E-state index < -0.39 is 0 Å². The maximum absolute atomic E-state index is 2.31. The molecule has 0 aliphatic heterocycles. The molecular formula is C14H13NS. The first-order valence-electron chi connectivity index (χ1n) is 5.41. The molecule has 0 aliphatic rings. The summed E-state index contributed by atoms with van der Waals surface area (Å²) in [4.78, 5) is 1.40. The van der Waals surface area contributed by atoms with E-state index >= 15 is 0 Å². The van der Waals surface area contributed by atoms with E-state index in [1.807, 2.05) is 11.3 Å². The molecule has 2 heterocycles. The average Bonchev–Trinajstić information content (AvgIpc) is 2.90. The van der Waals surface area contributed by atoms with Crippen molar-refractivity contribution in [3.63, 3.8) is 0 Å². The zero-order chi connectivity index (χ0) is 11.0. The van der Waals surface area contributed by atoms with Crippen LogP contribution in [0.25, 0.3) is 10.9 Å². The predicted octanol–water partition coefficient (Wildman–Crippen LogP) is 4.06. The van der Waals surface area contributed by atoms with Crippen molar-refractivity contribution >= 4 is 22.2 Å². The van der Waals surface area contributed by atoms with Crippen LogP contribution in [0.4, 0.5) is 0 Å². The van der Waals surface area contributed by atoms with Gasteiger partial charge < -0.3 is 4.57 Å². The second-order valence-corrected chi connectivity index (χ2v) is 5.06. The summed E-state index contributed by atoms with van der Waals surface area (Å²) in [5.41, 5.74) is 2.68. The molecule has 0 radical (unpaired) electrons. The van der Waals surface area contributed by atoms with Crippen molar-refractivity contribution in [2.24, 2.45) is 0 Å². The Morgan fingerprint density at radius 3 is 2.88 bits per heavy atom. The van der Waals surface area contributed by atoms with Crippen LogP contribution in [0.3, 0.4) is 0 Å². The van der Waals surface area contributed by atoms with Crippen molar-refractivity contribution in [3.8, 4) is 0 Å². The molecule has 0 bridgehead atoms. The molecule has 2 aromatic heterocycles. The molecule has 0 saturated carbocycles. The van der Waals surface area contributed by atoms with Gasteiger partial charge in [-0.05, 0) is 36.1 Å². The summed E-state index contributed by atoms with van der Waals surface area (Å²) in [5.74, 6) is 0. The molecule has 3 rings (SSSR count). The summed E-state index contributed by atoms with van der Waals surface area (Å²) in [6, 6.07) is 13.0. The predicted molar refractivity (Wildman–Crippen MR) is 70.1 cm³/mol. The standard InChI is InChI=1S/C14H13NS/c1-11-4-2-6-14-13(11)7-8-15(14)10-12-5-3-9-16-12/h2-9H,10H2,1H3. The summed E-state index contributed by atoms with van der Waals surface area (Å²) >= 11 is 1.81. The number of hydrogen-bond acceptors (Lipinski definition) is 1. The number of thiophene rings is 1. The number of rotatable bonds is 2. The minimum absolute atomic E-state index is 0.977. The van der Waals surface area contributed by atoms with Gasteiger partial charge in [0.2, 0.25) is 0 Å². The van der Waals surface area contributed by atoms with E-state index in [-0.39, 0.29) is 0 Å². The van der Waals surface area contributed by atoms with Gasteiger partial charge in [-0.25, -0.2) is 0 Å². The highest BCUT2D eigenvalue weighted by molar-refractivity contribution is 7.09. The molecule has 0 amide bonds. The highest BCUT2D eigenvalue weighted by atomic mass is 32.1. The number of benzene rings is 1. The fourth-order valence-corrected chi connectivity index (χ4v) is 2.79. The lowest BCUT2D eigenvalue weighted by Gasteiger charge is -2.03. The van der Waals surface area contributed by atoms with Crippen molar-refractivity contribution in [3.05, 3.63) is 58.4 Å². The van der Waals surface area contributed by atoms with Gasteiger partial charge >= 0.3 is 0 Å². The molecule has 0 spiro atoms. The first-order chi connectivity index (χ1) is 7.84. The van der Waals surface area contributed by atoms with Crippen LogP contribution in [-0.4, -0.2) is 4.57 Å². The van der Waals surface area contributed by atoms with Crippen molar-refractivity contribution in [1.82, 2.24) is 4.57 Å². The third-order valence-corrected chi connectivity index (χ3v) is 3.80. The van der Waals surface area contributed by atoms with Gasteiger partial charge in [-0.15, -0.1) is 11.3 Å². The van der Waals surface area contributed by atoms with Gasteiger partial charge in [0.05, 0.1) is 6.54 Å². The molecule has 0 saturated heterocycles. The fraction of sp³-hybridized carbons (Fsp3) is 0.143. The Morgan fingerprint density at radius 1 is 1.12 bits per heavy atom. The maximum atomic E-state index is 2.31. The van der Waals surface area contributed by atoms with Gasteiger partial charge in [0.25, 0.3) is 0 Å². The van der Waals surface area contributed by atoms with E-state index in [4.69, 9.17) is 0 Å². The Bertz CT molecular complexity index is 605. The molecule has 0 fully saturated rings. The lowest BCUT2D eigenvalue weighted by molar-refractivity contribution is 0.851. The Balaban J connectivity index is 2.08. The van der Waals surface area contributed by atoms with Gasteiger partial charge in [0.15, 0.2) is 0 Å². The number of aryl methyl sites for hydroxylation is 1. The highest BCUT2D eigenvalue weighted by Crippen LogP contribution is 2.21. The normalized spacial score (nSPS) is 11.1. The molecule has 0 aliphatic carbocycles. The molecule has 0 atom stereocenters. The molecular weight excluding hydrogens is 214 g/mol. The molecule has 16 heavy (non-hydrogen) atoms. The first-order valence-corrected chi connectivity index (χ1v) is 6.29. The summed E-state index contributed by atoms with van der Waals surface area (Å²) < 4.78 is 2.31. The van der Waals surface area contributed by atoms with E-state index in [1.54, 1.807) is 0 Å². The Hall–Kier alpha value is -1.54. The minimum atomic E-state index is 0.977. The van der Waals surface area contributed by atoms with Crippen LogP contribution < -0.4 is 0 Å². The number of hydrogen-bond donors (Lipinski definition) is 0. The second-order valence-electron chi connectivity index (χ2n) is 4.03. The highest BCUT2D eigenvalue weighted by Gasteiger charge is 2.03. The molecule has 1 nitrogen and oxygen atoms in total. The van der Waals surface area contributed by atoms with Crippen LogP contribution in [0.2, 0.25) is 0 Å². The maximum Gasteiger partial charge on any atom is 0.0569 e. The molecule has 3 aromatic rings. The van der Waals surface area contributed by atoms with E-state index in [2.05, 4.69) is 59.5 Å². The number of nitrogens with zero attached hydrogens (tertiary/aromatic N) is 1. The van der Waals surface area contributed by atoms with Crippen LogP contribution in [0.1, 0.15) is 10.4 Å². The zero-order valence-corrected chi connectivity index (χ0v) is 10.00. The monoisotopic (exact) mass is 227 g/mol. The molecule has 1 aromatic carbocycles. The van der Waals surface area contributed by atoms with Crippen LogP contribution >= 0.6 is 11.3 Å². The van der Waals surface area contributed by atoms with Gasteiger partial charge in [-0.2, -0.15) is 0 Å². The van der Waals surface area contributed by atoms with Crippen LogP contribution in [0, 0.1) is 6.92 Å². The van der Waals surface area contributed by atoms with Gasteiger partial charge in [0.1, 0.15) is 0 Å². The summed E-state index contributed by atoms with van der Waals surface area (Å²) in [6.07, 6.45) is 2.18. The van der Waals surface area contributed by atoms with E-state index in [9.17, 15) is 0 Å². The summed E-state index contributed by atoms with van der Waals surface area (Å²) in [5, 5.41) is 3.49. The van der Waals surface area contributed by atoms with Gasteiger partial charge in [0, 0.05) is 22.0 Å². The summed E-state index contributed by atoms with van der Waals surface area (Å²) in [7, 11) is 0. The third-order valence-electron chi connectivity index (χ3n) is 2.94. The summed E-state index contributed by atoms with van der Waals surface area (Å²) in [6.45, 7) is 3.14. The van der Waals surface area contributed by atoms with Gasteiger partial charge in [-0.1, -0.05) is 18.2 Å². The molecule has 2 heteroatoms. The number of aromatic nitrogens is 1. The molecule has 0 N–H and O–H groups in total. The van der Waals surface area contributed by atoms with Crippen molar-refractivity contribution in [2.45, 2.75) is 13.5 Å². The van der Waals surface area contributed by atoms with Crippen LogP contribution in [0.15, 0.2) is 48.0 Å². The van der Waals surface area contributed by atoms with Crippen LogP contribution in [0.5, 0.6) is 0 Å². The van der Waals surface area contributed by atoms with E-state index in [0.717, 1.165) is 6.54 Å². The van der Waals surface area contributed by atoms with Gasteiger partial charge in [-0.3, -0.25) is 0 Å². The SMILES string of the molecule is Cc1cccc2c1ccn2Cc1cccs1. The molecule has 0 unspecified atom stereocenters. The quantitative estimate of drug-likeness (QED) is 0.622. The fourth-order valence-electron chi connectivity index (χ4n) is 2.09. The number of fused-ring (bicyclic) bond motifs is 1. The first kappa shape index (κ1) is 9.67. The van der Waals surface area contributed by atoms with E-state index in [0.29, 0.717) is 0 Å². The van der Waals surface area contributed by atoms with Crippen molar-refractivity contribution in [2.75, 3.05) is 0 Å². The Kier molecular flexibility index (Phi) is 2.29.